The van der Waals surface area contributed by atoms with Crippen molar-refractivity contribution >= 4 is 33.6 Å². The van der Waals surface area contributed by atoms with Gasteiger partial charge in [0.25, 0.3) is 0 Å². The van der Waals surface area contributed by atoms with Gasteiger partial charge in [0.15, 0.2) is 11.5 Å². The van der Waals surface area contributed by atoms with Gasteiger partial charge < -0.3 is 29.0 Å². The fraction of sp³-hybridized carbons (Fsp3) is 0.308. The molecule has 2 aromatic carbocycles. The molecule has 4 rings (SSSR count). The first-order valence-electron chi connectivity index (χ1n) is 11.4. The smallest absolute Gasteiger partial charge is 0.322 e. The summed E-state index contributed by atoms with van der Waals surface area (Å²) in [4.78, 5) is 29.7. The second-order valence-electron chi connectivity index (χ2n) is 8.28. The first-order chi connectivity index (χ1) is 16.9. The third kappa shape index (κ3) is 6.36. The Morgan fingerprint density at radius 1 is 1.00 bits per heavy atom. The fourth-order valence-corrected chi connectivity index (χ4v) is 4.18. The highest BCUT2D eigenvalue weighted by Gasteiger charge is 2.23. The van der Waals surface area contributed by atoms with Crippen molar-refractivity contribution in [1.29, 1.82) is 0 Å². The molecule has 9 heteroatoms. The van der Waals surface area contributed by atoms with Crippen LogP contribution in [-0.2, 0) is 17.9 Å². The van der Waals surface area contributed by atoms with Gasteiger partial charge in [0.05, 0.1) is 12.2 Å². The minimum absolute atomic E-state index is 0.0611. The molecule has 0 bridgehead atoms. The largest absolute Gasteiger partial charge is 0.464 e. The number of hydrogen-bond donors (Lipinski definition) is 1. The molecule has 0 unspecified atom stereocenters. The number of benzene rings is 2. The van der Waals surface area contributed by atoms with Crippen LogP contribution in [0.2, 0.25) is 0 Å². The van der Waals surface area contributed by atoms with Crippen molar-refractivity contribution in [3.63, 3.8) is 0 Å². The van der Waals surface area contributed by atoms with Crippen molar-refractivity contribution in [2.75, 3.05) is 25.2 Å². The Kier molecular flexibility index (Phi) is 7.97. The molecule has 35 heavy (non-hydrogen) atoms. The normalized spacial score (nSPS) is 11.9. The van der Waals surface area contributed by atoms with Gasteiger partial charge in [-0.05, 0) is 71.2 Å². The monoisotopic (exact) mass is 541 g/mol. The lowest BCUT2D eigenvalue weighted by Gasteiger charge is -2.27. The van der Waals surface area contributed by atoms with Gasteiger partial charge in [-0.15, -0.1) is 0 Å². The number of ether oxygens (including phenoxy) is 2. The summed E-state index contributed by atoms with van der Waals surface area (Å²) < 4.78 is 17.4. The number of urea groups is 1. The number of halogens is 1. The van der Waals surface area contributed by atoms with E-state index in [2.05, 4.69) is 21.2 Å². The highest BCUT2D eigenvalue weighted by Crippen LogP contribution is 2.33. The first kappa shape index (κ1) is 24.7. The molecule has 1 aliphatic rings. The molecule has 184 valence electrons. The molecule has 1 aromatic heterocycles. The second kappa shape index (κ2) is 11.3. The molecule has 1 N–H and O–H groups in total. The van der Waals surface area contributed by atoms with Crippen LogP contribution in [0.1, 0.15) is 30.4 Å². The number of rotatable bonds is 9. The molecule has 0 radical (unpaired) electrons. The molecule has 0 spiro atoms. The summed E-state index contributed by atoms with van der Waals surface area (Å²) in [5.41, 5.74) is 1.54. The molecule has 0 aliphatic carbocycles. The summed E-state index contributed by atoms with van der Waals surface area (Å²) in [6.45, 7) is 5.02. The number of aryl methyl sites for hydroxylation is 1. The zero-order valence-corrected chi connectivity index (χ0v) is 21.3. The van der Waals surface area contributed by atoms with Crippen molar-refractivity contribution in [2.45, 2.75) is 33.4 Å². The Labute approximate surface area is 212 Å². The molecule has 0 saturated carbocycles. The number of carbonyl (C=O) groups is 2. The van der Waals surface area contributed by atoms with Gasteiger partial charge in [0, 0.05) is 17.6 Å². The summed E-state index contributed by atoms with van der Waals surface area (Å²) in [6, 6.07) is 16.4. The SMILES string of the molecule is CCCN(CC(=O)N(Cc1ccc2c(c1)OCO2)Cc1ccc(C)o1)C(=O)Nc1ccccc1Br. The van der Waals surface area contributed by atoms with Crippen LogP contribution in [0, 0.1) is 6.92 Å². The maximum Gasteiger partial charge on any atom is 0.322 e. The van der Waals surface area contributed by atoms with E-state index in [0.717, 1.165) is 22.2 Å². The highest BCUT2D eigenvalue weighted by atomic mass is 79.9. The lowest BCUT2D eigenvalue weighted by molar-refractivity contribution is -0.133. The quantitative estimate of drug-likeness (QED) is 0.383. The van der Waals surface area contributed by atoms with E-state index in [9.17, 15) is 9.59 Å². The maximum atomic E-state index is 13.5. The van der Waals surface area contributed by atoms with Crippen molar-refractivity contribution in [3.05, 3.63) is 76.2 Å². The fourth-order valence-electron chi connectivity index (χ4n) is 3.79. The summed E-state index contributed by atoms with van der Waals surface area (Å²) in [5.74, 6) is 2.61. The highest BCUT2D eigenvalue weighted by molar-refractivity contribution is 9.10. The lowest BCUT2D eigenvalue weighted by Crippen LogP contribution is -2.44. The van der Waals surface area contributed by atoms with Gasteiger partial charge in [-0.2, -0.15) is 0 Å². The van der Waals surface area contributed by atoms with Crippen molar-refractivity contribution < 1.29 is 23.5 Å². The van der Waals surface area contributed by atoms with E-state index in [-0.39, 0.29) is 31.8 Å². The van der Waals surface area contributed by atoms with E-state index in [0.29, 0.717) is 36.0 Å². The number of para-hydroxylation sites is 1. The zero-order valence-electron chi connectivity index (χ0n) is 19.8. The molecule has 3 amide bonds. The van der Waals surface area contributed by atoms with Crippen LogP contribution in [0.5, 0.6) is 11.5 Å². The molecule has 0 fully saturated rings. The Morgan fingerprint density at radius 2 is 1.80 bits per heavy atom. The number of amides is 3. The topological polar surface area (TPSA) is 84.2 Å². The third-order valence-electron chi connectivity index (χ3n) is 5.53. The van der Waals surface area contributed by atoms with Crippen LogP contribution in [0.3, 0.4) is 0 Å². The summed E-state index contributed by atoms with van der Waals surface area (Å²) in [7, 11) is 0. The minimum Gasteiger partial charge on any atom is -0.464 e. The Bertz CT molecular complexity index is 1200. The first-order valence-corrected chi connectivity index (χ1v) is 12.2. The molecular weight excluding hydrogens is 514 g/mol. The summed E-state index contributed by atoms with van der Waals surface area (Å²) in [6.07, 6.45) is 0.718. The second-order valence-corrected chi connectivity index (χ2v) is 9.14. The van der Waals surface area contributed by atoms with Gasteiger partial charge in [0.1, 0.15) is 18.1 Å². The van der Waals surface area contributed by atoms with Gasteiger partial charge in [-0.3, -0.25) is 4.79 Å². The van der Waals surface area contributed by atoms with Gasteiger partial charge in [-0.25, -0.2) is 4.79 Å². The van der Waals surface area contributed by atoms with Crippen LogP contribution in [0.25, 0.3) is 0 Å². The van der Waals surface area contributed by atoms with Gasteiger partial charge >= 0.3 is 6.03 Å². The minimum atomic E-state index is -0.330. The van der Waals surface area contributed by atoms with E-state index in [4.69, 9.17) is 13.9 Å². The van der Waals surface area contributed by atoms with Gasteiger partial charge in [-0.1, -0.05) is 25.1 Å². The maximum absolute atomic E-state index is 13.5. The number of hydrogen-bond acceptors (Lipinski definition) is 5. The van der Waals surface area contributed by atoms with E-state index in [1.165, 1.54) is 4.90 Å². The van der Waals surface area contributed by atoms with E-state index >= 15 is 0 Å². The molecule has 2 heterocycles. The number of nitrogens with zero attached hydrogens (tertiary/aromatic N) is 2. The number of nitrogens with one attached hydrogen (secondary N) is 1. The summed E-state index contributed by atoms with van der Waals surface area (Å²) >= 11 is 3.45. The van der Waals surface area contributed by atoms with Crippen LogP contribution in [0.4, 0.5) is 10.5 Å². The van der Waals surface area contributed by atoms with Crippen molar-refractivity contribution in [1.82, 2.24) is 9.80 Å². The van der Waals surface area contributed by atoms with Crippen molar-refractivity contribution in [3.8, 4) is 11.5 Å². The summed E-state index contributed by atoms with van der Waals surface area (Å²) in [5, 5.41) is 2.89. The Morgan fingerprint density at radius 3 is 2.54 bits per heavy atom. The van der Waals surface area contributed by atoms with E-state index in [1.807, 2.05) is 62.4 Å². The molecule has 1 aliphatic heterocycles. The number of furan rings is 1. The lowest BCUT2D eigenvalue weighted by atomic mass is 10.2. The average molecular weight is 542 g/mol. The molecule has 8 nitrogen and oxygen atoms in total. The predicted molar refractivity (Wildman–Crippen MR) is 135 cm³/mol. The molecule has 0 saturated heterocycles. The van der Waals surface area contributed by atoms with Crippen LogP contribution < -0.4 is 14.8 Å². The average Bonchev–Trinajstić information content (AvgIpc) is 3.48. The predicted octanol–water partition coefficient (Wildman–Crippen LogP) is 5.55. The number of fused-ring (bicyclic) bond motifs is 1. The van der Waals surface area contributed by atoms with E-state index in [1.54, 1.807) is 11.0 Å². The van der Waals surface area contributed by atoms with Gasteiger partial charge in [0.2, 0.25) is 12.7 Å². The zero-order chi connectivity index (χ0) is 24.8. The molecule has 0 atom stereocenters. The number of carbonyl (C=O) groups excluding carboxylic acids is 2. The molecule has 3 aromatic rings. The third-order valence-corrected chi connectivity index (χ3v) is 6.22. The van der Waals surface area contributed by atoms with Crippen LogP contribution in [-0.4, -0.2) is 41.6 Å². The van der Waals surface area contributed by atoms with Crippen LogP contribution in [0.15, 0.2) is 63.5 Å². The van der Waals surface area contributed by atoms with Crippen molar-refractivity contribution in [2.24, 2.45) is 0 Å². The van der Waals surface area contributed by atoms with E-state index < -0.39 is 0 Å². The number of anilines is 1. The molecular formula is C26H28BrN3O5. The van der Waals surface area contributed by atoms with Crippen LogP contribution >= 0.6 is 15.9 Å². The Hall–Kier alpha value is -3.46. The Balaban J connectivity index is 1.51. The standard InChI is InChI=1S/C26H28BrN3O5/c1-3-12-29(26(32)28-22-7-5-4-6-21(22)27)16-25(31)30(15-20-10-8-18(2)35-20)14-19-9-11-23-24(13-19)34-17-33-23/h4-11,13H,3,12,14-17H2,1-2H3,(H,28,32).